The van der Waals surface area contributed by atoms with Gasteiger partial charge >= 0.3 is 0 Å². The Morgan fingerprint density at radius 2 is 1.89 bits per heavy atom. The highest BCUT2D eigenvalue weighted by Crippen LogP contribution is 2.51. The molecule has 2 unspecified atom stereocenters. The number of carbonyl (C=O) groups excluding carboxylic acids is 3. The number of aliphatic hydroxyl groups excluding tert-OH is 2. The zero-order valence-electron chi connectivity index (χ0n) is 19.7. The number of hydrogen-bond donors (Lipinski definition) is 5. The third-order valence-corrected chi connectivity index (χ3v) is 7.86. The van der Waals surface area contributed by atoms with Crippen LogP contribution in [0.5, 0.6) is 5.75 Å². The SMILES string of the molecule is CN(C)[C@@H]1C(O)=C(C(N)=O)C(=O)C2C(=O)C3=C(O)c4c(O)ccc(C5=CCNCC5)c4CC3C[C@H]21. The van der Waals surface area contributed by atoms with Crippen molar-refractivity contribution in [3.63, 3.8) is 0 Å². The van der Waals surface area contributed by atoms with Gasteiger partial charge in [0.15, 0.2) is 11.6 Å². The largest absolute Gasteiger partial charge is 0.510 e. The number of amides is 1. The highest BCUT2D eigenvalue weighted by atomic mass is 16.3. The molecule has 4 atom stereocenters. The molecule has 1 aromatic rings. The van der Waals surface area contributed by atoms with E-state index in [1.807, 2.05) is 6.07 Å². The van der Waals surface area contributed by atoms with E-state index in [1.54, 1.807) is 19.0 Å². The molecule has 0 spiro atoms. The van der Waals surface area contributed by atoms with Gasteiger partial charge < -0.3 is 26.4 Å². The van der Waals surface area contributed by atoms with E-state index in [0.29, 0.717) is 12.8 Å². The molecule has 1 fully saturated rings. The first-order valence-electron chi connectivity index (χ1n) is 11.8. The minimum absolute atomic E-state index is 0.0987. The van der Waals surface area contributed by atoms with Crippen LogP contribution in [0.2, 0.25) is 0 Å². The molecular weight excluding hydrogens is 450 g/mol. The normalized spacial score (nSPS) is 28.5. The number of nitrogens with zero attached hydrogens (tertiary/aromatic N) is 1. The Morgan fingerprint density at radius 3 is 2.51 bits per heavy atom. The van der Waals surface area contributed by atoms with Crippen LogP contribution in [0.15, 0.2) is 35.1 Å². The van der Waals surface area contributed by atoms with Crippen LogP contribution in [-0.2, 0) is 20.8 Å². The van der Waals surface area contributed by atoms with Crippen molar-refractivity contribution in [1.82, 2.24) is 10.2 Å². The summed E-state index contributed by atoms with van der Waals surface area (Å²) in [7, 11) is 3.41. The first-order chi connectivity index (χ1) is 16.6. The monoisotopic (exact) mass is 479 g/mol. The predicted octanol–water partition coefficient (Wildman–Crippen LogP) is 1.23. The van der Waals surface area contributed by atoms with Crippen molar-refractivity contribution in [2.75, 3.05) is 27.2 Å². The van der Waals surface area contributed by atoms with Crippen molar-refractivity contribution in [2.45, 2.75) is 25.3 Å². The number of nitrogens with two attached hydrogens (primary N) is 1. The van der Waals surface area contributed by atoms with Crippen LogP contribution in [0.3, 0.4) is 0 Å². The highest BCUT2D eigenvalue weighted by Gasteiger charge is 2.55. The lowest BCUT2D eigenvalue weighted by Gasteiger charge is -2.46. The van der Waals surface area contributed by atoms with Crippen molar-refractivity contribution in [3.05, 3.63) is 51.8 Å². The Labute approximate surface area is 202 Å². The summed E-state index contributed by atoms with van der Waals surface area (Å²) in [5, 5.41) is 36.1. The number of benzene rings is 1. The minimum Gasteiger partial charge on any atom is -0.510 e. The van der Waals surface area contributed by atoms with E-state index >= 15 is 0 Å². The van der Waals surface area contributed by atoms with E-state index < -0.39 is 52.6 Å². The molecule has 5 rings (SSSR count). The number of aliphatic hydroxyl groups is 2. The zero-order chi connectivity index (χ0) is 25.2. The Hall–Kier alpha value is -3.43. The molecule has 1 heterocycles. The van der Waals surface area contributed by atoms with Gasteiger partial charge in [0.1, 0.15) is 22.8 Å². The molecule has 1 aliphatic heterocycles. The van der Waals surface area contributed by atoms with E-state index in [4.69, 9.17) is 5.73 Å². The summed E-state index contributed by atoms with van der Waals surface area (Å²) in [4.78, 5) is 40.7. The third kappa shape index (κ3) is 3.41. The van der Waals surface area contributed by atoms with Crippen LogP contribution in [0.4, 0.5) is 0 Å². The van der Waals surface area contributed by atoms with Crippen LogP contribution in [0.1, 0.15) is 29.5 Å². The lowest BCUT2D eigenvalue weighted by molar-refractivity contribution is -0.136. The molecule has 0 saturated heterocycles. The molecular formula is C26H29N3O6. The Balaban J connectivity index is 1.66. The topological polar surface area (TPSA) is 153 Å². The van der Waals surface area contributed by atoms with Crippen molar-refractivity contribution in [1.29, 1.82) is 0 Å². The quantitative estimate of drug-likeness (QED) is 0.320. The van der Waals surface area contributed by atoms with Gasteiger partial charge in [-0.25, -0.2) is 0 Å². The molecule has 1 saturated carbocycles. The van der Waals surface area contributed by atoms with Crippen molar-refractivity contribution < 1.29 is 29.7 Å². The first-order valence-corrected chi connectivity index (χ1v) is 11.8. The summed E-state index contributed by atoms with van der Waals surface area (Å²) in [5.74, 6) is -5.57. The van der Waals surface area contributed by atoms with Gasteiger partial charge in [-0.3, -0.25) is 19.3 Å². The summed E-state index contributed by atoms with van der Waals surface area (Å²) in [5.41, 5.74) is 7.98. The van der Waals surface area contributed by atoms with Crippen LogP contribution >= 0.6 is 0 Å². The number of rotatable bonds is 3. The second-order valence-corrected chi connectivity index (χ2v) is 9.97. The summed E-state index contributed by atoms with van der Waals surface area (Å²) >= 11 is 0. The standard InChI is InChI=1S/C26H29N3O6/c1-29(2)21-15-10-12-9-14-13(11-5-7-28-8-6-11)3-4-16(30)18(14)22(31)17(12)23(32)19(15)24(33)20(25(21)34)26(27)35/h3-5,12,15,19,21,28,30-31,34H,6-10H2,1-2H3,(H2,27,35)/t12?,15-,19?,21+/m1/s1. The fourth-order valence-corrected chi connectivity index (χ4v) is 6.43. The third-order valence-electron chi connectivity index (χ3n) is 7.86. The number of likely N-dealkylation sites (N-methyl/N-ethyl adjacent to an activating group) is 1. The number of phenolic OH excluding ortho intramolecular Hbond substituents is 1. The second kappa shape index (κ2) is 8.35. The number of aromatic hydroxyl groups is 1. The fourth-order valence-electron chi connectivity index (χ4n) is 6.43. The lowest BCUT2D eigenvalue weighted by atomic mass is 9.59. The number of ketones is 2. The van der Waals surface area contributed by atoms with E-state index in [-0.39, 0.29) is 22.6 Å². The van der Waals surface area contributed by atoms with Crippen LogP contribution < -0.4 is 11.1 Å². The molecule has 3 aliphatic carbocycles. The van der Waals surface area contributed by atoms with Gasteiger partial charge in [0, 0.05) is 12.1 Å². The van der Waals surface area contributed by atoms with E-state index in [0.717, 1.165) is 36.2 Å². The van der Waals surface area contributed by atoms with Gasteiger partial charge in [-0.2, -0.15) is 0 Å². The number of nitrogens with one attached hydrogen (secondary N) is 1. The second-order valence-electron chi connectivity index (χ2n) is 9.97. The summed E-state index contributed by atoms with van der Waals surface area (Å²) in [6.45, 7) is 1.55. The number of Topliss-reactive ketones (excluding diaryl/α,β-unsaturated/α-hetero) is 2. The molecule has 184 valence electrons. The average molecular weight is 480 g/mol. The molecule has 9 heteroatoms. The molecule has 1 amide bonds. The molecule has 35 heavy (non-hydrogen) atoms. The number of allylic oxidation sites excluding steroid dienone is 1. The van der Waals surface area contributed by atoms with Gasteiger partial charge in [0.2, 0.25) is 0 Å². The van der Waals surface area contributed by atoms with Gasteiger partial charge in [-0.15, -0.1) is 0 Å². The van der Waals surface area contributed by atoms with Crippen molar-refractivity contribution in [2.24, 2.45) is 23.5 Å². The van der Waals surface area contributed by atoms with Crippen LogP contribution in [-0.4, -0.2) is 70.9 Å². The first kappa shape index (κ1) is 23.3. The average Bonchev–Trinajstić information content (AvgIpc) is 2.78. The van der Waals surface area contributed by atoms with Crippen molar-refractivity contribution >= 4 is 28.8 Å². The molecule has 4 aliphatic rings. The maximum Gasteiger partial charge on any atom is 0.255 e. The summed E-state index contributed by atoms with van der Waals surface area (Å²) in [6.07, 6.45) is 3.63. The van der Waals surface area contributed by atoms with E-state index in [1.165, 1.54) is 6.07 Å². The summed E-state index contributed by atoms with van der Waals surface area (Å²) < 4.78 is 0. The van der Waals surface area contributed by atoms with Gasteiger partial charge in [0.25, 0.3) is 5.91 Å². The van der Waals surface area contributed by atoms with E-state index in [2.05, 4.69) is 11.4 Å². The number of hydrogen-bond acceptors (Lipinski definition) is 8. The van der Waals surface area contributed by atoms with Gasteiger partial charge in [-0.1, -0.05) is 12.1 Å². The molecule has 6 N–H and O–H groups in total. The number of primary amides is 1. The Bertz CT molecular complexity index is 1260. The fraction of sp³-hybridized carbons (Fsp3) is 0.423. The predicted molar refractivity (Wildman–Crippen MR) is 128 cm³/mol. The Morgan fingerprint density at radius 1 is 1.14 bits per heavy atom. The van der Waals surface area contributed by atoms with Gasteiger partial charge in [0.05, 0.1) is 17.5 Å². The summed E-state index contributed by atoms with van der Waals surface area (Å²) in [6, 6.07) is 2.62. The number of fused-ring (bicyclic) bond motifs is 3. The maximum atomic E-state index is 13.8. The molecule has 0 bridgehead atoms. The number of phenols is 1. The highest BCUT2D eigenvalue weighted by molar-refractivity contribution is 6.28. The molecule has 0 aromatic heterocycles. The van der Waals surface area contributed by atoms with Crippen molar-refractivity contribution in [3.8, 4) is 5.75 Å². The zero-order valence-corrected chi connectivity index (χ0v) is 19.7. The maximum absolute atomic E-state index is 13.8. The van der Waals surface area contributed by atoms with Crippen LogP contribution in [0, 0.1) is 17.8 Å². The number of carbonyl (C=O) groups is 3. The minimum atomic E-state index is -1.24. The smallest absolute Gasteiger partial charge is 0.255 e. The lowest BCUT2D eigenvalue weighted by Crippen LogP contribution is -2.55. The van der Waals surface area contributed by atoms with Gasteiger partial charge in [-0.05, 0) is 74.5 Å². The molecule has 1 aromatic carbocycles. The molecule has 0 radical (unpaired) electrons. The van der Waals surface area contributed by atoms with Crippen LogP contribution in [0.25, 0.3) is 11.3 Å². The Kier molecular flexibility index (Phi) is 5.56. The molecule has 9 nitrogen and oxygen atoms in total. The van der Waals surface area contributed by atoms with E-state index in [9.17, 15) is 29.7 Å².